The Balaban J connectivity index is 2.50. The molecule has 1 aromatic carbocycles. The number of benzene rings is 1. The monoisotopic (exact) mass is 313 g/mol. The Morgan fingerprint density at radius 1 is 1.30 bits per heavy atom. The maximum atomic E-state index is 11.8. The van der Waals surface area contributed by atoms with E-state index < -0.39 is 22.8 Å². The second-order valence-electron chi connectivity index (χ2n) is 3.89. The second kappa shape index (κ2) is 6.29. The van der Waals surface area contributed by atoms with Crippen LogP contribution in [0.25, 0.3) is 0 Å². The molecule has 0 aromatic heterocycles. The van der Waals surface area contributed by atoms with Crippen LogP contribution in [0.5, 0.6) is 0 Å². The topological polar surface area (TPSA) is 107 Å². The number of hydrogen-bond donors (Lipinski definition) is 3. The molecule has 0 amide bonds. The summed E-state index contributed by atoms with van der Waals surface area (Å²) in [7, 11) is -3.85. The van der Waals surface area contributed by atoms with Crippen molar-refractivity contribution in [2.24, 2.45) is 5.14 Å². The Kier molecular flexibility index (Phi) is 5.20. The molecule has 0 radical (unpaired) electrons. The molecule has 20 heavy (non-hydrogen) atoms. The fourth-order valence-electron chi connectivity index (χ4n) is 1.32. The van der Waals surface area contributed by atoms with Crippen molar-refractivity contribution >= 4 is 21.4 Å². The summed E-state index contributed by atoms with van der Waals surface area (Å²) in [6, 6.07) is 3.78. The number of ether oxygens (including phenoxy) is 1. The van der Waals surface area contributed by atoms with Gasteiger partial charge in [-0.15, -0.1) is 0 Å². The average Bonchev–Trinajstić information content (AvgIpc) is 2.27. The Morgan fingerprint density at radius 2 is 1.95 bits per heavy atom. The van der Waals surface area contributed by atoms with Gasteiger partial charge < -0.3 is 15.8 Å². The number of hydrogen-bond acceptors (Lipinski definition) is 5. The minimum Gasteiger partial charge on any atom is -0.397 e. The van der Waals surface area contributed by atoms with Crippen LogP contribution in [-0.2, 0) is 14.8 Å². The van der Waals surface area contributed by atoms with Gasteiger partial charge in [-0.25, -0.2) is 13.6 Å². The van der Waals surface area contributed by atoms with Crippen LogP contribution in [0.4, 0.5) is 24.5 Å². The van der Waals surface area contributed by atoms with Gasteiger partial charge in [-0.3, -0.25) is 0 Å². The summed E-state index contributed by atoms with van der Waals surface area (Å²) in [5.74, 6) is 0. The number of alkyl halides is 3. The van der Waals surface area contributed by atoms with Crippen molar-refractivity contribution in [1.29, 1.82) is 0 Å². The van der Waals surface area contributed by atoms with Crippen LogP contribution < -0.4 is 16.2 Å². The molecule has 10 heteroatoms. The summed E-state index contributed by atoms with van der Waals surface area (Å²) in [6.45, 7) is -1.40. The molecule has 1 rings (SSSR count). The van der Waals surface area contributed by atoms with Crippen LogP contribution in [0, 0.1) is 0 Å². The first kappa shape index (κ1) is 16.5. The Morgan fingerprint density at radius 3 is 2.45 bits per heavy atom. The van der Waals surface area contributed by atoms with Crippen molar-refractivity contribution in [2.45, 2.75) is 11.1 Å². The standard InChI is InChI=1S/C10H14F3N3O3S/c11-10(12,13)6-19-4-3-16-9-2-1-7(5-8(9)14)20(15,17)18/h1-2,5,16H,3-4,6,14H2,(H2,15,17,18). The van der Waals surface area contributed by atoms with Gasteiger partial charge in [0.1, 0.15) is 6.61 Å². The summed E-state index contributed by atoms with van der Waals surface area (Å²) in [6.07, 6.45) is -4.36. The Labute approximate surface area is 113 Å². The van der Waals surface area contributed by atoms with Crippen LogP contribution in [0.3, 0.4) is 0 Å². The molecule has 5 N–H and O–H groups in total. The van der Waals surface area contributed by atoms with E-state index in [1.165, 1.54) is 12.1 Å². The van der Waals surface area contributed by atoms with Gasteiger partial charge in [0, 0.05) is 6.54 Å². The van der Waals surface area contributed by atoms with Crippen LogP contribution in [0.2, 0.25) is 0 Å². The van der Waals surface area contributed by atoms with Gasteiger partial charge in [-0.2, -0.15) is 13.2 Å². The molecule has 0 spiro atoms. The van der Waals surface area contributed by atoms with Gasteiger partial charge in [0.25, 0.3) is 0 Å². The van der Waals surface area contributed by atoms with Crippen LogP contribution in [-0.4, -0.2) is 34.4 Å². The second-order valence-corrected chi connectivity index (χ2v) is 5.45. The maximum absolute atomic E-state index is 11.8. The molecule has 0 saturated carbocycles. The van der Waals surface area contributed by atoms with Crippen molar-refractivity contribution in [1.82, 2.24) is 0 Å². The molecule has 1 aromatic rings. The van der Waals surface area contributed by atoms with E-state index in [0.717, 1.165) is 6.07 Å². The zero-order chi connectivity index (χ0) is 15.4. The summed E-state index contributed by atoms with van der Waals surface area (Å²) in [5, 5.41) is 7.65. The van der Waals surface area contributed by atoms with Gasteiger partial charge in [0.05, 0.1) is 22.9 Å². The van der Waals surface area contributed by atoms with E-state index in [-0.39, 0.29) is 23.7 Å². The first-order valence-corrected chi connectivity index (χ1v) is 6.95. The summed E-state index contributed by atoms with van der Waals surface area (Å²) >= 11 is 0. The lowest BCUT2D eigenvalue weighted by Crippen LogP contribution is -2.20. The zero-order valence-corrected chi connectivity index (χ0v) is 11.1. The van der Waals surface area contributed by atoms with Crippen LogP contribution in [0.1, 0.15) is 0 Å². The van der Waals surface area contributed by atoms with E-state index >= 15 is 0 Å². The Bertz CT molecular complexity index is 561. The molecular formula is C10H14F3N3O3S. The highest BCUT2D eigenvalue weighted by atomic mass is 32.2. The zero-order valence-electron chi connectivity index (χ0n) is 10.3. The van der Waals surface area contributed by atoms with E-state index in [1.807, 2.05) is 0 Å². The van der Waals surface area contributed by atoms with E-state index in [0.29, 0.717) is 5.69 Å². The fraction of sp³-hybridized carbons (Fsp3) is 0.400. The molecule has 0 fully saturated rings. The predicted octanol–water partition coefficient (Wildman–Crippen LogP) is 0.907. The molecular weight excluding hydrogens is 299 g/mol. The van der Waals surface area contributed by atoms with E-state index in [4.69, 9.17) is 10.9 Å². The highest BCUT2D eigenvalue weighted by molar-refractivity contribution is 7.89. The SMILES string of the molecule is Nc1cc(S(N)(=O)=O)ccc1NCCOCC(F)(F)F. The lowest BCUT2D eigenvalue weighted by Gasteiger charge is -2.11. The lowest BCUT2D eigenvalue weighted by atomic mass is 10.2. The summed E-state index contributed by atoms with van der Waals surface area (Å²) in [4.78, 5) is -0.145. The summed E-state index contributed by atoms with van der Waals surface area (Å²) < 4.78 is 61.9. The van der Waals surface area contributed by atoms with Gasteiger partial charge in [0.2, 0.25) is 10.0 Å². The number of anilines is 2. The highest BCUT2D eigenvalue weighted by Gasteiger charge is 2.27. The smallest absolute Gasteiger partial charge is 0.397 e. The first-order chi connectivity index (χ1) is 9.09. The molecule has 0 aliphatic carbocycles. The van der Waals surface area contributed by atoms with Gasteiger partial charge in [-0.1, -0.05) is 0 Å². The molecule has 114 valence electrons. The number of nitrogens with two attached hydrogens (primary N) is 2. The van der Waals surface area contributed by atoms with Crippen molar-refractivity contribution in [3.05, 3.63) is 18.2 Å². The van der Waals surface area contributed by atoms with E-state index in [2.05, 4.69) is 10.1 Å². The predicted molar refractivity (Wildman–Crippen MR) is 67.6 cm³/mol. The third kappa shape index (κ3) is 5.63. The number of sulfonamides is 1. The van der Waals surface area contributed by atoms with Gasteiger partial charge in [0.15, 0.2) is 0 Å². The van der Waals surface area contributed by atoms with Crippen LogP contribution >= 0.6 is 0 Å². The minimum absolute atomic E-state index is 0.0923. The van der Waals surface area contributed by atoms with E-state index in [1.54, 1.807) is 0 Å². The van der Waals surface area contributed by atoms with Gasteiger partial charge >= 0.3 is 6.18 Å². The minimum atomic E-state index is -4.36. The molecule has 0 aliphatic heterocycles. The molecule has 0 aliphatic rings. The van der Waals surface area contributed by atoms with Gasteiger partial charge in [-0.05, 0) is 18.2 Å². The quantitative estimate of drug-likeness (QED) is 0.534. The molecule has 0 unspecified atom stereocenters. The number of halogens is 3. The van der Waals surface area contributed by atoms with Crippen LogP contribution in [0.15, 0.2) is 23.1 Å². The number of nitrogens with one attached hydrogen (secondary N) is 1. The molecule has 0 heterocycles. The largest absolute Gasteiger partial charge is 0.411 e. The maximum Gasteiger partial charge on any atom is 0.411 e. The molecule has 6 nitrogen and oxygen atoms in total. The van der Waals surface area contributed by atoms with Crippen molar-refractivity contribution in [2.75, 3.05) is 30.8 Å². The normalized spacial score (nSPS) is 12.4. The summed E-state index contributed by atoms with van der Waals surface area (Å²) in [5.41, 5.74) is 6.10. The lowest BCUT2D eigenvalue weighted by molar-refractivity contribution is -0.172. The third-order valence-electron chi connectivity index (χ3n) is 2.18. The number of nitrogen functional groups attached to an aromatic ring is 1. The fourth-order valence-corrected chi connectivity index (χ4v) is 1.87. The first-order valence-electron chi connectivity index (χ1n) is 5.40. The van der Waals surface area contributed by atoms with E-state index in [9.17, 15) is 21.6 Å². The van der Waals surface area contributed by atoms with Crippen molar-refractivity contribution in [3.63, 3.8) is 0 Å². The van der Waals surface area contributed by atoms with Crippen molar-refractivity contribution in [3.8, 4) is 0 Å². The number of rotatable bonds is 6. The average molecular weight is 313 g/mol. The van der Waals surface area contributed by atoms with Crippen molar-refractivity contribution < 1.29 is 26.3 Å². The Hall–Kier alpha value is -1.52. The molecule has 0 bridgehead atoms. The third-order valence-corrected chi connectivity index (χ3v) is 3.09. The molecule has 0 saturated heterocycles. The molecule has 0 atom stereocenters. The number of primary sulfonamides is 1. The highest BCUT2D eigenvalue weighted by Crippen LogP contribution is 2.21.